The lowest BCUT2D eigenvalue weighted by Crippen LogP contribution is -2.01. The Hall–Kier alpha value is -0.0600. The molecule has 1 aromatic heterocycles. The maximum absolute atomic E-state index is 5.75. The zero-order valence-corrected chi connectivity index (χ0v) is 9.75. The summed E-state index contributed by atoms with van der Waals surface area (Å²) in [5, 5.41) is 1.20. The van der Waals surface area contributed by atoms with E-state index in [-0.39, 0.29) is 6.04 Å². The molecule has 74 valence electrons. The van der Waals surface area contributed by atoms with Gasteiger partial charge in [0, 0.05) is 22.9 Å². The lowest BCUT2D eigenvalue weighted by atomic mass is 10.3. The summed E-state index contributed by atoms with van der Waals surface area (Å²) in [4.78, 5) is 5.51. The number of rotatable bonds is 5. The van der Waals surface area contributed by atoms with Gasteiger partial charge in [-0.1, -0.05) is 6.92 Å². The zero-order valence-electron chi connectivity index (χ0n) is 8.12. The smallest absolute Gasteiger partial charge is 0.103 e. The first-order valence-corrected chi connectivity index (χ1v) is 6.49. The van der Waals surface area contributed by atoms with Gasteiger partial charge >= 0.3 is 0 Å². The number of nitrogens with zero attached hydrogens (tertiary/aromatic N) is 1. The summed E-state index contributed by atoms with van der Waals surface area (Å²) in [6, 6.07) is 0.127. The topological polar surface area (TPSA) is 38.9 Å². The molecule has 0 aliphatic rings. The van der Waals surface area contributed by atoms with Gasteiger partial charge in [0.25, 0.3) is 0 Å². The molecular formula is C9H16N2S2. The number of thioether (sulfide) groups is 1. The Morgan fingerprint density at radius 3 is 3.00 bits per heavy atom. The van der Waals surface area contributed by atoms with E-state index in [1.165, 1.54) is 22.1 Å². The molecule has 2 N–H and O–H groups in total. The summed E-state index contributed by atoms with van der Waals surface area (Å²) in [5.41, 5.74) is 5.75. The summed E-state index contributed by atoms with van der Waals surface area (Å²) in [7, 11) is 0. The van der Waals surface area contributed by atoms with E-state index in [9.17, 15) is 0 Å². The molecule has 0 aliphatic carbocycles. The number of hydrogen-bond acceptors (Lipinski definition) is 4. The Bertz CT molecular complexity index is 246. The summed E-state index contributed by atoms with van der Waals surface area (Å²) in [5.74, 6) is 2.25. The molecule has 0 spiro atoms. The molecule has 0 saturated carbocycles. The average molecular weight is 216 g/mol. The first-order valence-electron chi connectivity index (χ1n) is 4.52. The van der Waals surface area contributed by atoms with E-state index in [1.54, 1.807) is 11.3 Å². The van der Waals surface area contributed by atoms with Gasteiger partial charge in [0.15, 0.2) is 0 Å². The van der Waals surface area contributed by atoms with Crippen LogP contribution in [0.4, 0.5) is 0 Å². The van der Waals surface area contributed by atoms with Crippen LogP contribution in [0.15, 0.2) is 6.20 Å². The number of aromatic nitrogens is 1. The van der Waals surface area contributed by atoms with Crippen LogP contribution in [0.3, 0.4) is 0 Å². The minimum absolute atomic E-state index is 0.127. The van der Waals surface area contributed by atoms with Crippen molar-refractivity contribution in [2.24, 2.45) is 5.73 Å². The van der Waals surface area contributed by atoms with Crippen molar-refractivity contribution < 1.29 is 0 Å². The van der Waals surface area contributed by atoms with Gasteiger partial charge in [-0.3, -0.25) is 0 Å². The molecule has 2 nitrogen and oxygen atoms in total. The van der Waals surface area contributed by atoms with Gasteiger partial charge in [0.05, 0.1) is 0 Å². The van der Waals surface area contributed by atoms with E-state index < -0.39 is 0 Å². The Kier molecular flexibility index (Phi) is 4.77. The second-order valence-electron chi connectivity index (χ2n) is 3.00. The standard InChI is InChI=1S/C9H16N2S2/c1-3-4-12-6-9-11-5-8(13-9)7(2)10/h5,7H,3-4,6,10H2,1-2H3. The van der Waals surface area contributed by atoms with Gasteiger partial charge < -0.3 is 5.73 Å². The van der Waals surface area contributed by atoms with Gasteiger partial charge in [0.2, 0.25) is 0 Å². The van der Waals surface area contributed by atoms with Gasteiger partial charge in [-0.2, -0.15) is 11.8 Å². The molecule has 0 aliphatic heterocycles. The van der Waals surface area contributed by atoms with Crippen LogP contribution in [0.5, 0.6) is 0 Å². The summed E-state index contributed by atoms with van der Waals surface area (Å²) in [6.45, 7) is 4.19. The van der Waals surface area contributed by atoms with E-state index >= 15 is 0 Å². The van der Waals surface area contributed by atoms with Crippen molar-refractivity contribution in [3.05, 3.63) is 16.1 Å². The summed E-state index contributed by atoms with van der Waals surface area (Å²) < 4.78 is 0. The van der Waals surface area contributed by atoms with Crippen LogP contribution in [0.2, 0.25) is 0 Å². The van der Waals surface area contributed by atoms with Crippen LogP contribution in [-0.2, 0) is 5.75 Å². The predicted molar refractivity (Wildman–Crippen MR) is 61.2 cm³/mol. The third-order valence-electron chi connectivity index (χ3n) is 1.59. The van der Waals surface area contributed by atoms with Gasteiger partial charge in [-0.15, -0.1) is 11.3 Å². The lowest BCUT2D eigenvalue weighted by molar-refractivity contribution is 0.835. The molecule has 13 heavy (non-hydrogen) atoms. The summed E-state index contributed by atoms with van der Waals surface area (Å²) >= 11 is 3.67. The van der Waals surface area contributed by atoms with Crippen molar-refractivity contribution in [1.82, 2.24) is 4.98 Å². The summed E-state index contributed by atoms with van der Waals surface area (Å²) in [6.07, 6.45) is 3.13. The predicted octanol–water partition coefficient (Wildman–Crippen LogP) is 2.81. The van der Waals surface area contributed by atoms with E-state index in [4.69, 9.17) is 5.73 Å². The fourth-order valence-corrected chi connectivity index (χ4v) is 2.74. The van der Waals surface area contributed by atoms with Crippen molar-refractivity contribution in [1.29, 1.82) is 0 Å². The van der Waals surface area contributed by atoms with E-state index in [0.29, 0.717) is 0 Å². The maximum atomic E-state index is 5.75. The molecule has 1 rings (SSSR count). The second kappa shape index (κ2) is 5.62. The highest BCUT2D eigenvalue weighted by Crippen LogP contribution is 2.22. The largest absolute Gasteiger partial charge is 0.323 e. The normalized spacial score (nSPS) is 13.2. The molecule has 0 fully saturated rings. The highest BCUT2D eigenvalue weighted by Gasteiger charge is 2.04. The monoisotopic (exact) mass is 216 g/mol. The second-order valence-corrected chi connectivity index (χ2v) is 5.25. The van der Waals surface area contributed by atoms with Gasteiger partial charge in [-0.05, 0) is 19.1 Å². The first kappa shape index (κ1) is 11.0. The molecule has 1 aromatic rings. The fraction of sp³-hybridized carbons (Fsp3) is 0.667. The van der Waals surface area contributed by atoms with Crippen molar-refractivity contribution in [3.63, 3.8) is 0 Å². The number of nitrogens with two attached hydrogens (primary N) is 1. The van der Waals surface area contributed by atoms with Crippen molar-refractivity contribution in [2.45, 2.75) is 32.1 Å². The van der Waals surface area contributed by atoms with Crippen LogP contribution in [0, 0.1) is 0 Å². The molecule has 0 saturated heterocycles. The Labute approximate surface area is 87.9 Å². The SMILES string of the molecule is CCCSCc1ncc(C(C)N)s1. The van der Waals surface area contributed by atoms with E-state index in [2.05, 4.69) is 11.9 Å². The number of hydrogen-bond donors (Lipinski definition) is 1. The van der Waals surface area contributed by atoms with Crippen LogP contribution in [0.25, 0.3) is 0 Å². The van der Waals surface area contributed by atoms with Crippen molar-refractivity contribution in [3.8, 4) is 0 Å². The van der Waals surface area contributed by atoms with Gasteiger partial charge in [0.1, 0.15) is 5.01 Å². The Morgan fingerprint density at radius 1 is 1.69 bits per heavy atom. The first-order chi connectivity index (χ1) is 6.24. The highest BCUT2D eigenvalue weighted by atomic mass is 32.2. The van der Waals surface area contributed by atoms with E-state index in [1.807, 2.05) is 24.9 Å². The zero-order chi connectivity index (χ0) is 9.68. The van der Waals surface area contributed by atoms with E-state index in [0.717, 1.165) is 5.75 Å². The molecule has 1 atom stereocenters. The maximum Gasteiger partial charge on any atom is 0.103 e. The third kappa shape index (κ3) is 3.67. The number of thiazole rings is 1. The quantitative estimate of drug-likeness (QED) is 0.769. The Balaban J connectivity index is 2.40. The van der Waals surface area contributed by atoms with Crippen LogP contribution >= 0.6 is 23.1 Å². The molecule has 1 unspecified atom stereocenters. The highest BCUT2D eigenvalue weighted by molar-refractivity contribution is 7.98. The minimum Gasteiger partial charge on any atom is -0.323 e. The van der Waals surface area contributed by atoms with Crippen molar-refractivity contribution >= 4 is 23.1 Å². The van der Waals surface area contributed by atoms with Gasteiger partial charge in [-0.25, -0.2) is 4.98 Å². The Morgan fingerprint density at radius 2 is 2.46 bits per heavy atom. The molecule has 4 heteroatoms. The molecule has 0 radical (unpaired) electrons. The third-order valence-corrected chi connectivity index (χ3v) is 4.15. The van der Waals surface area contributed by atoms with Crippen molar-refractivity contribution in [2.75, 3.05) is 5.75 Å². The molecular weight excluding hydrogens is 200 g/mol. The molecule has 0 aromatic carbocycles. The van der Waals surface area contributed by atoms with Crippen LogP contribution < -0.4 is 5.73 Å². The lowest BCUT2D eigenvalue weighted by Gasteiger charge is -1.97. The molecule has 0 bridgehead atoms. The van der Waals surface area contributed by atoms with Crippen LogP contribution in [-0.4, -0.2) is 10.7 Å². The molecule has 1 heterocycles. The molecule has 0 amide bonds. The fourth-order valence-electron chi connectivity index (χ4n) is 0.905. The average Bonchev–Trinajstić information content (AvgIpc) is 2.53. The van der Waals surface area contributed by atoms with Crippen LogP contribution in [0.1, 0.15) is 36.2 Å². The minimum atomic E-state index is 0.127.